The minimum atomic E-state index is 0.138. The van der Waals surface area contributed by atoms with Gasteiger partial charge in [-0.15, -0.1) is 0 Å². The van der Waals surface area contributed by atoms with Crippen LogP contribution in [0.4, 0.5) is 0 Å². The van der Waals surface area contributed by atoms with Crippen molar-refractivity contribution < 1.29 is 19.7 Å². The fraction of sp³-hybridized carbons (Fsp3) is 0.889. The van der Waals surface area contributed by atoms with Gasteiger partial charge in [0.1, 0.15) is 26.2 Å². The van der Waals surface area contributed by atoms with Crippen molar-refractivity contribution in [3.8, 4) is 0 Å². The Balaban J connectivity index is 2.06. The zero-order valence-corrected chi connectivity index (χ0v) is 8.84. The molecule has 4 N–H and O–H groups in total. The molecule has 0 spiro atoms. The first kappa shape index (κ1) is 11.4. The first-order valence-corrected chi connectivity index (χ1v) is 5.24. The Hall–Kier alpha value is -0.650. The van der Waals surface area contributed by atoms with Crippen LogP contribution in [-0.4, -0.2) is 58.9 Å². The summed E-state index contributed by atoms with van der Waals surface area (Å²) < 4.78 is 4.86. The van der Waals surface area contributed by atoms with Crippen molar-refractivity contribution in [1.29, 1.82) is 0 Å². The number of methoxy groups -OCH3 is 1. The maximum atomic E-state index is 11.4. The SMILES string of the molecule is COCCNC(=O)C[NH+]1CC[NH2+]CC1. The van der Waals surface area contributed by atoms with Crippen LogP contribution in [0.15, 0.2) is 0 Å². The highest BCUT2D eigenvalue weighted by molar-refractivity contribution is 5.76. The van der Waals surface area contributed by atoms with Gasteiger partial charge in [-0.1, -0.05) is 0 Å². The topological polar surface area (TPSA) is 59.4 Å². The van der Waals surface area contributed by atoms with E-state index in [-0.39, 0.29) is 5.91 Å². The van der Waals surface area contributed by atoms with Crippen molar-refractivity contribution in [2.75, 3.05) is 53.0 Å². The van der Waals surface area contributed by atoms with Gasteiger partial charge in [-0.05, 0) is 0 Å². The average molecular weight is 203 g/mol. The Morgan fingerprint density at radius 1 is 1.50 bits per heavy atom. The lowest BCUT2D eigenvalue weighted by Gasteiger charge is -2.21. The molecule has 0 radical (unpaired) electrons. The third kappa shape index (κ3) is 4.55. The molecule has 0 atom stereocenters. The van der Waals surface area contributed by atoms with Crippen molar-refractivity contribution in [3.05, 3.63) is 0 Å². The highest BCUT2D eigenvalue weighted by atomic mass is 16.5. The van der Waals surface area contributed by atoms with Gasteiger partial charge in [0.25, 0.3) is 5.91 Å². The van der Waals surface area contributed by atoms with E-state index in [4.69, 9.17) is 4.74 Å². The summed E-state index contributed by atoms with van der Waals surface area (Å²) >= 11 is 0. The highest BCUT2D eigenvalue weighted by Crippen LogP contribution is 1.65. The largest absolute Gasteiger partial charge is 0.383 e. The predicted molar refractivity (Wildman–Crippen MR) is 52.1 cm³/mol. The quantitative estimate of drug-likeness (QED) is 0.402. The lowest BCUT2D eigenvalue weighted by atomic mass is 10.3. The van der Waals surface area contributed by atoms with E-state index in [0.29, 0.717) is 19.7 Å². The molecule has 1 saturated heterocycles. The van der Waals surface area contributed by atoms with Gasteiger partial charge in [0, 0.05) is 13.7 Å². The molecule has 14 heavy (non-hydrogen) atoms. The number of piperazine rings is 1. The maximum Gasteiger partial charge on any atom is 0.275 e. The van der Waals surface area contributed by atoms with E-state index in [1.54, 1.807) is 7.11 Å². The molecule has 5 nitrogen and oxygen atoms in total. The zero-order chi connectivity index (χ0) is 10.2. The molecule has 1 rings (SSSR count). The number of hydrogen-bond acceptors (Lipinski definition) is 2. The number of nitrogens with one attached hydrogen (secondary N) is 2. The molecule has 0 aliphatic carbocycles. The second-order valence-electron chi connectivity index (χ2n) is 3.64. The van der Waals surface area contributed by atoms with Crippen LogP contribution < -0.4 is 15.5 Å². The molecule has 0 saturated carbocycles. The zero-order valence-electron chi connectivity index (χ0n) is 8.84. The molecule has 1 heterocycles. The second-order valence-corrected chi connectivity index (χ2v) is 3.64. The predicted octanol–water partition coefficient (Wildman–Crippen LogP) is -3.79. The van der Waals surface area contributed by atoms with Crippen molar-refractivity contribution in [3.63, 3.8) is 0 Å². The van der Waals surface area contributed by atoms with Crippen molar-refractivity contribution in [2.45, 2.75) is 0 Å². The Morgan fingerprint density at radius 2 is 2.21 bits per heavy atom. The van der Waals surface area contributed by atoms with Gasteiger partial charge in [0.05, 0.1) is 6.61 Å². The number of quaternary nitrogens is 2. The van der Waals surface area contributed by atoms with Crippen LogP contribution in [0.25, 0.3) is 0 Å². The molecule has 0 aromatic heterocycles. The first-order valence-electron chi connectivity index (χ1n) is 5.24. The molecule has 1 aliphatic heterocycles. The fourth-order valence-corrected chi connectivity index (χ4v) is 1.64. The second kappa shape index (κ2) is 6.75. The molecule has 0 bridgehead atoms. The Bertz CT molecular complexity index is 169. The van der Waals surface area contributed by atoms with Crippen LogP contribution in [0.3, 0.4) is 0 Å². The Labute approximate surface area is 84.8 Å². The molecule has 1 fully saturated rings. The average Bonchev–Trinajstić information content (AvgIpc) is 2.20. The number of amides is 1. The van der Waals surface area contributed by atoms with Crippen molar-refractivity contribution in [2.24, 2.45) is 0 Å². The van der Waals surface area contributed by atoms with Gasteiger partial charge in [-0.2, -0.15) is 0 Å². The van der Waals surface area contributed by atoms with E-state index in [0.717, 1.165) is 26.2 Å². The normalized spacial score (nSPS) is 18.1. The van der Waals surface area contributed by atoms with E-state index >= 15 is 0 Å². The summed E-state index contributed by atoms with van der Waals surface area (Å²) in [5, 5.41) is 5.13. The van der Waals surface area contributed by atoms with Gasteiger partial charge in [0.15, 0.2) is 6.54 Å². The summed E-state index contributed by atoms with van der Waals surface area (Å²) in [7, 11) is 1.64. The van der Waals surface area contributed by atoms with Crippen molar-refractivity contribution in [1.82, 2.24) is 5.32 Å². The van der Waals surface area contributed by atoms with E-state index < -0.39 is 0 Å². The molecule has 1 amide bonds. The van der Waals surface area contributed by atoms with Gasteiger partial charge < -0.3 is 20.3 Å². The lowest BCUT2D eigenvalue weighted by molar-refractivity contribution is -0.940. The minimum Gasteiger partial charge on any atom is -0.383 e. The molecule has 1 aliphatic rings. The Morgan fingerprint density at radius 3 is 2.86 bits per heavy atom. The third-order valence-corrected chi connectivity index (χ3v) is 2.44. The van der Waals surface area contributed by atoms with Crippen molar-refractivity contribution >= 4 is 5.91 Å². The number of ether oxygens (including phenoxy) is 1. The smallest absolute Gasteiger partial charge is 0.275 e. The number of hydrogen-bond donors (Lipinski definition) is 3. The standard InChI is InChI=1S/C9H19N3O2/c1-14-7-4-11-9(13)8-12-5-2-10-3-6-12/h10H,2-8H2,1H3,(H,11,13)/p+2. The van der Waals surface area contributed by atoms with Gasteiger partial charge in [0.2, 0.25) is 0 Å². The third-order valence-electron chi connectivity index (χ3n) is 2.44. The van der Waals surface area contributed by atoms with E-state index in [1.807, 2.05) is 0 Å². The van der Waals surface area contributed by atoms with Gasteiger partial charge >= 0.3 is 0 Å². The van der Waals surface area contributed by atoms with E-state index in [2.05, 4.69) is 10.6 Å². The maximum absolute atomic E-state index is 11.4. The van der Waals surface area contributed by atoms with Crippen LogP contribution in [0.1, 0.15) is 0 Å². The lowest BCUT2D eigenvalue weighted by Crippen LogP contribution is -3.21. The molecule has 5 heteroatoms. The van der Waals surface area contributed by atoms with Gasteiger partial charge in [-0.3, -0.25) is 4.79 Å². The van der Waals surface area contributed by atoms with E-state index in [1.165, 1.54) is 4.90 Å². The summed E-state index contributed by atoms with van der Waals surface area (Å²) in [4.78, 5) is 12.8. The molecule has 0 aromatic rings. The van der Waals surface area contributed by atoms with Crippen LogP contribution in [-0.2, 0) is 9.53 Å². The summed E-state index contributed by atoms with van der Waals surface area (Å²) in [6.45, 7) is 6.29. The summed E-state index contributed by atoms with van der Waals surface area (Å²) in [5.41, 5.74) is 0. The minimum absolute atomic E-state index is 0.138. The molecule has 0 aromatic carbocycles. The van der Waals surface area contributed by atoms with Crippen LogP contribution in [0.2, 0.25) is 0 Å². The summed E-state index contributed by atoms with van der Waals surface area (Å²) in [5.74, 6) is 0.138. The molecular weight excluding hydrogens is 182 g/mol. The fourth-order valence-electron chi connectivity index (χ4n) is 1.64. The van der Waals surface area contributed by atoms with E-state index in [9.17, 15) is 4.79 Å². The number of rotatable bonds is 5. The monoisotopic (exact) mass is 203 g/mol. The summed E-state index contributed by atoms with van der Waals surface area (Å²) in [6, 6.07) is 0. The van der Waals surface area contributed by atoms with Gasteiger partial charge in [-0.25, -0.2) is 0 Å². The first-order chi connectivity index (χ1) is 6.83. The van der Waals surface area contributed by atoms with Crippen LogP contribution in [0.5, 0.6) is 0 Å². The van der Waals surface area contributed by atoms with Crippen LogP contribution in [0, 0.1) is 0 Å². The molecule has 82 valence electrons. The molecular formula is C9H21N3O2+2. The van der Waals surface area contributed by atoms with Crippen LogP contribution >= 0.6 is 0 Å². The Kier molecular flexibility index (Phi) is 5.51. The number of nitrogens with two attached hydrogens (primary N) is 1. The number of carbonyl (C=O) groups excluding carboxylic acids is 1. The number of carbonyl (C=O) groups is 1. The highest BCUT2D eigenvalue weighted by Gasteiger charge is 2.18. The molecule has 0 unspecified atom stereocenters. The summed E-state index contributed by atoms with van der Waals surface area (Å²) in [6.07, 6.45) is 0.